The number of hydrogen-bond acceptors (Lipinski definition) is 3. The minimum atomic E-state index is 0.585. The Morgan fingerprint density at radius 2 is 1.75 bits per heavy atom. The molecule has 1 aromatic carbocycles. The van der Waals surface area contributed by atoms with E-state index in [9.17, 15) is 0 Å². The minimum Gasteiger partial charge on any atom is -0.312 e. The Kier molecular flexibility index (Phi) is 5.94. The van der Waals surface area contributed by atoms with Gasteiger partial charge in [0.1, 0.15) is 5.15 Å². The number of rotatable bonds is 7. The molecule has 24 heavy (non-hydrogen) atoms. The first kappa shape index (κ1) is 16.6. The Labute approximate surface area is 147 Å². The molecule has 0 saturated carbocycles. The Bertz CT molecular complexity index is 760. The average molecular weight is 338 g/mol. The first-order chi connectivity index (χ1) is 11.8. The van der Waals surface area contributed by atoms with Crippen LogP contribution in [-0.2, 0) is 19.4 Å². The topological polar surface area (TPSA) is 37.8 Å². The maximum absolute atomic E-state index is 6.24. The van der Waals surface area contributed by atoms with Crippen molar-refractivity contribution in [1.82, 2.24) is 15.3 Å². The van der Waals surface area contributed by atoms with Gasteiger partial charge in [-0.15, -0.1) is 0 Å². The summed E-state index contributed by atoms with van der Waals surface area (Å²) in [6, 6.07) is 18.5. The molecule has 3 aromatic rings. The van der Waals surface area contributed by atoms with Gasteiger partial charge in [0.05, 0.1) is 0 Å². The second-order valence-electron chi connectivity index (χ2n) is 5.70. The molecule has 0 aliphatic rings. The maximum atomic E-state index is 6.24. The van der Waals surface area contributed by atoms with Gasteiger partial charge < -0.3 is 5.32 Å². The molecule has 0 atom stereocenters. The number of halogens is 1. The highest BCUT2D eigenvalue weighted by atomic mass is 35.5. The Balaban J connectivity index is 1.56. The molecule has 0 saturated heterocycles. The van der Waals surface area contributed by atoms with E-state index in [-0.39, 0.29) is 0 Å². The molecule has 3 nitrogen and oxygen atoms in total. The van der Waals surface area contributed by atoms with Crippen LogP contribution < -0.4 is 5.32 Å². The summed E-state index contributed by atoms with van der Waals surface area (Å²) in [5.41, 5.74) is 4.53. The molecule has 0 unspecified atom stereocenters. The summed E-state index contributed by atoms with van der Waals surface area (Å²) >= 11 is 6.24. The van der Waals surface area contributed by atoms with Gasteiger partial charge in [-0.1, -0.05) is 54.1 Å². The normalized spacial score (nSPS) is 10.7. The van der Waals surface area contributed by atoms with Crippen molar-refractivity contribution in [2.75, 3.05) is 6.54 Å². The molecule has 0 amide bonds. The van der Waals surface area contributed by atoms with Gasteiger partial charge in [0.25, 0.3) is 0 Å². The summed E-state index contributed by atoms with van der Waals surface area (Å²) in [7, 11) is 0. The van der Waals surface area contributed by atoms with Crippen LogP contribution in [0.4, 0.5) is 0 Å². The van der Waals surface area contributed by atoms with Crippen LogP contribution in [0.25, 0.3) is 0 Å². The quantitative estimate of drug-likeness (QED) is 0.522. The molecule has 0 bridgehead atoms. The second kappa shape index (κ2) is 8.57. The van der Waals surface area contributed by atoms with E-state index in [4.69, 9.17) is 11.6 Å². The third-order valence-electron chi connectivity index (χ3n) is 3.82. The molecule has 4 heteroatoms. The molecular formula is C20H20ClN3. The van der Waals surface area contributed by atoms with E-state index in [1.54, 1.807) is 0 Å². The minimum absolute atomic E-state index is 0.585. The first-order valence-corrected chi connectivity index (χ1v) is 8.47. The van der Waals surface area contributed by atoms with Gasteiger partial charge in [0.2, 0.25) is 0 Å². The summed E-state index contributed by atoms with van der Waals surface area (Å²) in [5, 5.41) is 4.03. The van der Waals surface area contributed by atoms with Gasteiger partial charge >= 0.3 is 0 Å². The molecule has 3 rings (SSSR count). The molecule has 0 fully saturated rings. The van der Waals surface area contributed by atoms with Crippen LogP contribution in [0.15, 0.2) is 67.0 Å². The number of nitrogens with zero attached hydrogens (tertiary/aromatic N) is 2. The zero-order valence-corrected chi connectivity index (χ0v) is 14.2. The molecule has 0 aliphatic carbocycles. The fourth-order valence-corrected chi connectivity index (χ4v) is 2.78. The van der Waals surface area contributed by atoms with Crippen molar-refractivity contribution >= 4 is 11.6 Å². The van der Waals surface area contributed by atoms with Crippen LogP contribution >= 0.6 is 11.6 Å². The van der Waals surface area contributed by atoms with Gasteiger partial charge in [0.15, 0.2) is 0 Å². The molecule has 1 N–H and O–H groups in total. The number of pyridine rings is 2. The summed E-state index contributed by atoms with van der Waals surface area (Å²) in [5.74, 6) is 0. The second-order valence-corrected chi connectivity index (χ2v) is 6.06. The third kappa shape index (κ3) is 4.88. The fraction of sp³-hybridized carbons (Fsp3) is 0.200. The van der Waals surface area contributed by atoms with Gasteiger partial charge in [-0.2, -0.15) is 0 Å². The lowest BCUT2D eigenvalue weighted by Crippen LogP contribution is -2.17. The third-order valence-corrected chi connectivity index (χ3v) is 4.16. The van der Waals surface area contributed by atoms with Crippen LogP contribution in [0.3, 0.4) is 0 Å². The number of nitrogens with one attached hydrogen (secondary N) is 1. The van der Waals surface area contributed by atoms with E-state index in [2.05, 4.69) is 45.6 Å². The SMILES string of the molecule is Clc1ncc(Cc2ccccn2)cc1CCNCc1ccccc1. The van der Waals surface area contributed by atoms with Crippen LogP contribution in [0, 0.1) is 0 Å². The van der Waals surface area contributed by atoms with Crippen LogP contribution in [-0.4, -0.2) is 16.5 Å². The van der Waals surface area contributed by atoms with Crippen molar-refractivity contribution in [2.45, 2.75) is 19.4 Å². The maximum Gasteiger partial charge on any atom is 0.132 e. The number of benzene rings is 1. The summed E-state index contributed by atoms with van der Waals surface area (Å²) in [6.45, 7) is 1.73. The summed E-state index contributed by atoms with van der Waals surface area (Å²) in [4.78, 5) is 8.68. The van der Waals surface area contributed by atoms with Crippen molar-refractivity contribution in [3.8, 4) is 0 Å². The highest BCUT2D eigenvalue weighted by Gasteiger charge is 2.05. The monoisotopic (exact) mass is 337 g/mol. The standard InChI is InChI=1S/C20H20ClN3/c21-20-18(9-11-22-14-16-6-2-1-3-7-16)12-17(15-24-20)13-19-8-4-5-10-23-19/h1-8,10,12,15,22H,9,11,13-14H2. The largest absolute Gasteiger partial charge is 0.312 e. The van der Waals surface area contributed by atoms with Gasteiger partial charge in [-0.25, -0.2) is 4.98 Å². The fourth-order valence-electron chi connectivity index (χ4n) is 2.58. The van der Waals surface area contributed by atoms with Crippen molar-refractivity contribution in [3.05, 3.63) is 94.5 Å². The average Bonchev–Trinajstić information content (AvgIpc) is 2.63. The zero-order chi connectivity index (χ0) is 16.6. The predicted octanol–water partition coefficient (Wildman–Crippen LogP) is 4.05. The predicted molar refractivity (Wildman–Crippen MR) is 98.1 cm³/mol. The Morgan fingerprint density at radius 1 is 0.917 bits per heavy atom. The Hall–Kier alpha value is -2.23. The van der Waals surface area contributed by atoms with E-state index in [0.29, 0.717) is 5.15 Å². The number of hydrogen-bond donors (Lipinski definition) is 1. The molecule has 0 spiro atoms. The van der Waals surface area contributed by atoms with Crippen molar-refractivity contribution < 1.29 is 0 Å². The van der Waals surface area contributed by atoms with Gasteiger partial charge in [-0.05, 0) is 41.8 Å². The number of aromatic nitrogens is 2. The van der Waals surface area contributed by atoms with Gasteiger partial charge in [0, 0.05) is 31.1 Å². The van der Waals surface area contributed by atoms with Crippen molar-refractivity contribution in [1.29, 1.82) is 0 Å². The lowest BCUT2D eigenvalue weighted by atomic mass is 10.1. The lowest BCUT2D eigenvalue weighted by Gasteiger charge is -2.08. The molecular weight excluding hydrogens is 318 g/mol. The van der Waals surface area contributed by atoms with E-state index >= 15 is 0 Å². The molecule has 122 valence electrons. The van der Waals surface area contributed by atoms with E-state index in [0.717, 1.165) is 42.8 Å². The van der Waals surface area contributed by atoms with Crippen molar-refractivity contribution in [2.24, 2.45) is 0 Å². The summed E-state index contributed by atoms with van der Waals surface area (Å²) < 4.78 is 0. The van der Waals surface area contributed by atoms with Crippen LogP contribution in [0.5, 0.6) is 0 Å². The smallest absolute Gasteiger partial charge is 0.132 e. The highest BCUT2D eigenvalue weighted by Crippen LogP contribution is 2.16. The molecule has 0 radical (unpaired) electrons. The lowest BCUT2D eigenvalue weighted by molar-refractivity contribution is 0.685. The van der Waals surface area contributed by atoms with Gasteiger partial charge in [-0.3, -0.25) is 4.98 Å². The van der Waals surface area contributed by atoms with E-state index in [1.165, 1.54) is 5.56 Å². The Morgan fingerprint density at radius 3 is 2.54 bits per heavy atom. The molecule has 0 aliphatic heterocycles. The van der Waals surface area contributed by atoms with E-state index < -0.39 is 0 Å². The van der Waals surface area contributed by atoms with Crippen molar-refractivity contribution in [3.63, 3.8) is 0 Å². The first-order valence-electron chi connectivity index (χ1n) is 8.09. The van der Waals surface area contributed by atoms with Crippen LogP contribution in [0.1, 0.15) is 22.4 Å². The van der Waals surface area contributed by atoms with E-state index in [1.807, 2.05) is 36.7 Å². The zero-order valence-electron chi connectivity index (χ0n) is 13.5. The molecule has 2 heterocycles. The highest BCUT2D eigenvalue weighted by molar-refractivity contribution is 6.30. The summed E-state index contributed by atoms with van der Waals surface area (Å²) in [6.07, 6.45) is 5.27. The van der Waals surface area contributed by atoms with Crippen LogP contribution in [0.2, 0.25) is 5.15 Å². The molecule has 2 aromatic heterocycles.